The summed E-state index contributed by atoms with van der Waals surface area (Å²) in [7, 11) is 0. The Bertz CT molecular complexity index is 596. The molecule has 0 atom stereocenters. The number of benzene rings is 1. The molecule has 0 aliphatic heterocycles. The molecule has 1 aliphatic carbocycles. The lowest BCUT2D eigenvalue weighted by Gasteiger charge is -2.10. The van der Waals surface area contributed by atoms with Crippen LogP contribution in [0.1, 0.15) is 31.6 Å². The summed E-state index contributed by atoms with van der Waals surface area (Å²) in [5, 5.41) is 0.742. The number of rotatable bonds is 2. The van der Waals surface area contributed by atoms with Gasteiger partial charge in [0.1, 0.15) is 5.82 Å². The molecule has 1 aromatic carbocycles. The van der Waals surface area contributed by atoms with Crippen LogP contribution in [-0.4, -0.2) is 9.55 Å². The monoisotopic (exact) mass is 214 g/mol. The summed E-state index contributed by atoms with van der Waals surface area (Å²) in [5.74, 6) is 0.922. The number of hydrogen-bond donors (Lipinski definition) is 0. The third-order valence-electron chi connectivity index (χ3n) is 3.11. The molecule has 0 radical (unpaired) electrons. The number of para-hydroxylation sites is 1. The van der Waals surface area contributed by atoms with Crippen LogP contribution >= 0.6 is 0 Å². The maximum absolute atomic E-state index is 12.3. The number of hydrogen-bond acceptors (Lipinski definition) is 2. The molecule has 1 aromatic heterocycles. The molecule has 0 N–H and O–H groups in total. The maximum Gasteiger partial charge on any atom is 0.261 e. The van der Waals surface area contributed by atoms with Gasteiger partial charge in [0.2, 0.25) is 0 Å². The van der Waals surface area contributed by atoms with E-state index in [-0.39, 0.29) is 5.56 Å². The van der Waals surface area contributed by atoms with Crippen molar-refractivity contribution in [3.63, 3.8) is 0 Å². The first-order valence-corrected chi connectivity index (χ1v) is 5.81. The van der Waals surface area contributed by atoms with E-state index in [1.165, 1.54) is 0 Å². The summed E-state index contributed by atoms with van der Waals surface area (Å²) in [6.07, 6.45) is 3.05. The van der Waals surface area contributed by atoms with Crippen molar-refractivity contribution in [3.05, 3.63) is 40.4 Å². The lowest BCUT2D eigenvalue weighted by Crippen LogP contribution is -2.24. The molecule has 1 aliphatic rings. The molecule has 2 aromatic rings. The van der Waals surface area contributed by atoms with Gasteiger partial charge in [-0.3, -0.25) is 9.36 Å². The summed E-state index contributed by atoms with van der Waals surface area (Å²) in [4.78, 5) is 16.9. The van der Waals surface area contributed by atoms with Crippen molar-refractivity contribution in [1.29, 1.82) is 0 Å². The van der Waals surface area contributed by atoms with Gasteiger partial charge in [-0.15, -0.1) is 0 Å². The van der Waals surface area contributed by atoms with E-state index in [1.807, 2.05) is 28.8 Å². The summed E-state index contributed by atoms with van der Waals surface area (Å²) in [6, 6.07) is 8.00. The molecular formula is C13H14N2O. The molecule has 0 saturated heterocycles. The van der Waals surface area contributed by atoms with Crippen LogP contribution in [0.15, 0.2) is 29.1 Å². The van der Waals surface area contributed by atoms with Crippen molar-refractivity contribution in [1.82, 2.24) is 9.55 Å². The largest absolute Gasteiger partial charge is 0.293 e. The molecule has 0 spiro atoms. The molecule has 0 unspecified atom stereocenters. The molecule has 3 heteroatoms. The third kappa shape index (κ3) is 1.35. The second-order valence-electron chi connectivity index (χ2n) is 4.31. The lowest BCUT2D eigenvalue weighted by molar-refractivity contribution is 0.646. The highest BCUT2D eigenvalue weighted by Crippen LogP contribution is 2.34. The first kappa shape index (κ1) is 9.58. The van der Waals surface area contributed by atoms with E-state index >= 15 is 0 Å². The Balaban J connectivity index is 2.38. The van der Waals surface area contributed by atoms with Crippen LogP contribution in [0, 0.1) is 0 Å². The minimum atomic E-state index is 0.130. The maximum atomic E-state index is 12.3. The van der Waals surface area contributed by atoms with Gasteiger partial charge < -0.3 is 0 Å². The fraction of sp³-hybridized carbons (Fsp3) is 0.385. The molecule has 0 bridgehead atoms. The molecular weight excluding hydrogens is 200 g/mol. The molecule has 1 fully saturated rings. The Morgan fingerprint density at radius 2 is 2.12 bits per heavy atom. The second-order valence-corrected chi connectivity index (χ2v) is 4.31. The van der Waals surface area contributed by atoms with Crippen LogP contribution in [0.2, 0.25) is 0 Å². The van der Waals surface area contributed by atoms with Crippen molar-refractivity contribution >= 4 is 10.9 Å². The highest BCUT2D eigenvalue weighted by atomic mass is 16.1. The van der Waals surface area contributed by atoms with E-state index in [4.69, 9.17) is 0 Å². The average molecular weight is 214 g/mol. The molecule has 3 nitrogen and oxygen atoms in total. The second kappa shape index (κ2) is 3.44. The van der Waals surface area contributed by atoms with Crippen molar-refractivity contribution < 1.29 is 0 Å². The van der Waals surface area contributed by atoms with E-state index in [9.17, 15) is 4.79 Å². The Labute approximate surface area is 93.7 Å². The first-order valence-electron chi connectivity index (χ1n) is 5.81. The number of aromatic nitrogens is 2. The molecule has 16 heavy (non-hydrogen) atoms. The fourth-order valence-corrected chi connectivity index (χ4v) is 2.15. The zero-order valence-corrected chi connectivity index (χ0v) is 9.31. The predicted molar refractivity (Wildman–Crippen MR) is 63.7 cm³/mol. The summed E-state index contributed by atoms with van der Waals surface area (Å²) in [6.45, 7) is 2.05. The Morgan fingerprint density at radius 3 is 2.81 bits per heavy atom. The number of fused-ring (bicyclic) bond motifs is 1. The summed E-state index contributed by atoms with van der Waals surface area (Å²) >= 11 is 0. The minimum absolute atomic E-state index is 0.130. The molecule has 3 rings (SSSR count). The van der Waals surface area contributed by atoms with Crippen molar-refractivity contribution in [2.75, 3.05) is 0 Å². The molecule has 1 saturated carbocycles. The van der Waals surface area contributed by atoms with Crippen LogP contribution < -0.4 is 5.56 Å². The quantitative estimate of drug-likeness (QED) is 0.768. The van der Waals surface area contributed by atoms with Gasteiger partial charge in [-0.25, -0.2) is 4.98 Å². The number of aryl methyl sites for hydroxylation is 1. The summed E-state index contributed by atoms with van der Waals surface area (Å²) < 4.78 is 1.89. The van der Waals surface area contributed by atoms with E-state index in [1.54, 1.807) is 0 Å². The molecule has 82 valence electrons. The van der Waals surface area contributed by atoms with Crippen molar-refractivity contribution in [2.24, 2.45) is 0 Å². The van der Waals surface area contributed by atoms with E-state index < -0.39 is 0 Å². The first-order chi connectivity index (χ1) is 7.81. The fourth-order valence-electron chi connectivity index (χ4n) is 2.15. The standard InChI is InChI=1S/C13H14N2O/c1-2-12-14-11-6-4-3-5-10(11)13(16)15(12)9-7-8-9/h3-6,9H,2,7-8H2,1H3. The topological polar surface area (TPSA) is 34.9 Å². The minimum Gasteiger partial charge on any atom is -0.293 e. The van der Waals surface area contributed by atoms with Gasteiger partial charge in [-0.1, -0.05) is 19.1 Å². The van der Waals surface area contributed by atoms with Crippen molar-refractivity contribution in [2.45, 2.75) is 32.2 Å². The zero-order valence-electron chi connectivity index (χ0n) is 9.31. The van der Waals surface area contributed by atoms with Crippen LogP contribution in [0.3, 0.4) is 0 Å². The number of nitrogens with zero attached hydrogens (tertiary/aromatic N) is 2. The van der Waals surface area contributed by atoms with Gasteiger partial charge in [0.05, 0.1) is 10.9 Å². The third-order valence-corrected chi connectivity index (χ3v) is 3.11. The van der Waals surface area contributed by atoms with Gasteiger partial charge in [0.15, 0.2) is 0 Å². The van der Waals surface area contributed by atoms with Gasteiger partial charge in [-0.2, -0.15) is 0 Å². The van der Waals surface area contributed by atoms with Crippen molar-refractivity contribution in [3.8, 4) is 0 Å². The van der Waals surface area contributed by atoms with Crippen LogP contribution in [0.5, 0.6) is 0 Å². The van der Waals surface area contributed by atoms with Crippen LogP contribution in [-0.2, 0) is 6.42 Å². The Hall–Kier alpha value is -1.64. The van der Waals surface area contributed by atoms with E-state index in [2.05, 4.69) is 11.9 Å². The highest BCUT2D eigenvalue weighted by Gasteiger charge is 2.27. The highest BCUT2D eigenvalue weighted by molar-refractivity contribution is 5.77. The zero-order chi connectivity index (χ0) is 11.1. The predicted octanol–water partition coefficient (Wildman–Crippen LogP) is 2.29. The smallest absolute Gasteiger partial charge is 0.261 e. The molecule has 1 heterocycles. The summed E-state index contributed by atoms with van der Waals surface area (Å²) in [5.41, 5.74) is 0.950. The Morgan fingerprint density at radius 1 is 1.38 bits per heavy atom. The van der Waals surface area contributed by atoms with E-state index in [0.717, 1.165) is 36.0 Å². The lowest BCUT2D eigenvalue weighted by atomic mass is 10.2. The SMILES string of the molecule is CCc1nc2ccccc2c(=O)n1C1CC1. The van der Waals surface area contributed by atoms with Gasteiger partial charge >= 0.3 is 0 Å². The normalized spacial score (nSPS) is 15.6. The average Bonchev–Trinajstić information content (AvgIpc) is 3.13. The molecule has 0 amide bonds. The van der Waals surface area contributed by atoms with Gasteiger partial charge in [0.25, 0.3) is 5.56 Å². The Kier molecular flexibility index (Phi) is 2.06. The van der Waals surface area contributed by atoms with Crippen LogP contribution in [0.4, 0.5) is 0 Å². The van der Waals surface area contributed by atoms with Crippen LogP contribution in [0.25, 0.3) is 10.9 Å². The van der Waals surface area contributed by atoms with Gasteiger partial charge in [-0.05, 0) is 25.0 Å². The van der Waals surface area contributed by atoms with E-state index in [0.29, 0.717) is 6.04 Å². The van der Waals surface area contributed by atoms with Gasteiger partial charge in [0, 0.05) is 12.5 Å².